The maximum Gasteiger partial charge on any atom is 0.450 e. The second-order valence-corrected chi connectivity index (χ2v) is 7.75. The van der Waals surface area contributed by atoms with Crippen molar-refractivity contribution in [1.29, 1.82) is 0 Å². The fraction of sp³-hybridized carbons (Fsp3) is 0.348. The number of halogens is 3. The lowest BCUT2D eigenvalue weighted by atomic mass is 9.99. The number of phenols is 1. The molecule has 0 spiro atoms. The molecule has 0 unspecified atom stereocenters. The van der Waals surface area contributed by atoms with Gasteiger partial charge >= 0.3 is 6.18 Å². The Morgan fingerprint density at radius 3 is 2.53 bits per heavy atom. The Morgan fingerprint density at radius 1 is 1.13 bits per heavy atom. The minimum absolute atomic E-state index is 0.0271. The zero-order chi connectivity index (χ0) is 21.5. The number of likely N-dealkylation sites (tertiary alicyclic amines) is 1. The summed E-state index contributed by atoms with van der Waals surface area (Å²) in [6.45, 7) is 3.04. The van der Waals surface area contributed by atoms with E-state index in [1.807, 2.05) is 6.92 Å². The van der Waals surface area contributed by atoms with Crippen LogP contribution in [0.1, 0.15) is 37.5 Å². The maximum atomic E-state index is 13.9. The van der Waals surface area contributed by atoms with Crippen LogP contribution in [0.25, 0.3) is 22.1 Å². The van der Waals surface area contributed by atoms with Crippen molar-refractivity contribution in [3.63, 3.8) is 0 Å². The lowest BCUT2D eigenvalue weighted by Gasteiger charge is -2.33. The largest absolute Gasteiger partial charge is 0.507 e. The highest BCUT2D eigenvalue weighted by molar-refractivity contribution is 5.86. The summed E-state index contributed by atoms with van der Waals surface area (Å²) in [6, 6.07) is 10.6. The molecule has 1 saturated heterocycles. The summed E-state index contributed by atoms with van der Waals surface area (Å²) in [4.78, 5) is 15.3. The number of benzene rings is 2. The lowest BCUT2D eigenvalue weighted by molar-refractivity contribution is -0.152. The van der Waals surface area contributed by atoms with Gasteiger partial charge in [0, 0.05) is 12.6 Å². The van der Waals surface area contributed by atoms with Gasteiger partial charge in [-0.05, 0) is 44.0 Å². The van der Waals surface area contributed by atoms with Crippen molar-refractivity contribution >= 4 is 11.0 Å². The van der Waals surface area contributed by atoms with Crippen LogP contribution < -0.4 is 5.43 Å². The number of piperidine rings is 1. The number of hydrogen-bond acceptors (Lipinski definition) is 4. The molecule has 1 N–H and O–H groups in total. The molecule has 1 aliphatic heterocycles. The van der Waals surface area contributed by atoms with Crippen molar-refractivity contribution in [2.45, 2.75) is 44.9 Å². The van der Waals surface area contributed by atoms with E-state index >= 15 is 0 Å². The summed E-state index contributed by atoms with van der Waals surface area (Å²) in [5.41, 5.74) is -1.13. The third-order valence-corrected chi connectivity index (χ3v) is 5.76. The van der Waals surface area contributed by atoms with Crippen LogP contribution >= 0.6 is 0 Å². The molecule has 1 fully saturated rings. The Bertz CT molecular complexity index is 1120. The monoisotopic (exact) mass is 417 g/mol. The third kappa shape index (κ3) is 3.69. The van der Waals surface area contributed by atoms with Gasteiger partial charge in [-0.25, -0.2) is 0 Å². The van der Waals surface area contributed by atoms with E-state index in [-0.39, 0.29) is 40.4 Å². The highest BCUT2D eigenvalue weighted by atomic mass is 19.4. The molecule has 4 rings (SSSR count). The third-order valence-electron chi connectivity index (χ3n) is 5.76. The molecule has 3 aromatic rings. The fourth-order valence-electron chi connectivity index (χ4n) is 4.12. The molecule has 158 valence electrons. The van der Waals surface area contributed by atoms with Crippen molar-refractivity contribution in [2.75, 3.05) is 6.54 Å². The predicted octanol–water partition coefficient (Wildman–Crippen LogP) is 5.56. The number of phenolic OH excluding ortho intramolecular Hbond substituents is 1. The van der Waals surface area contributed by atoms with Crippen LogP contribution in [-0.2, 0) is 12.7 Å². The predicted molar refractivity (Wildman–Crippen MR) is 108 cm³/mol. The molecule has 7 heteroatoms. The number of nitrogens with zero attached hydrogens (tertiary/aromatic N) is 1. The van der Waals surface area contributed by atoms with Crippen molar-refractivity contribution in [3.05, 3.63) is 64.0 Å². The van der Waals surface area contributed by atoms with Crippen LogP contribution in [-0.4, -0.2) is 22.6 Å². The Labute approximate surface area is 171 Å². The Kier molecular flexibility index (Phi) is 5.32. The molecule has 0 saturated carbocycles. The summed E-state index contributed by atoms with van der Waals surface area (Å²) >= 11 is 0. The van der Waals surface area contributed by atoms with E-state index in [2.05, 4.69) is 4.90 Å². The fourth-order valence-corrected chi connectivity index (χ4v) is 4.12. The summed E-state index contributed by atoms with van der Waals surface area (Å²) in [7, 11) is 0. The first-order valence-electron chi connectivity index (χ1n) is 9.95. The first-order valence-corrected chi connectivity index (χ1v) is 9.95. The molecule has 0 amide bonds. The normalized spacial score (nSPS) is 18.1. The van der Waals surface area contributed by atoms with E-state index in [0.29, 0.717) is 0 Å². The average molecular weight is 417 g/mol. The minimum Gasteiger partial charge on any atom is -0.507 e. The molecule has 1 atom stereocenters. The van der Waals surface area contributed by atoms with E-state index in [0.717, 1.165) is 25.8 Å². The number of hydrogen-bond donors (Lipinski definition) is 1. The zero-order valence-corrected chi connectivity index (χ0v) is 16.5. The molecule has 30 heavy (non-hydrogen) atoms. The summed E-state index contributed by atoms with van der Waals surface area (Å²) < 4.78 is 47.0. The van der Waals surface area contributed by atoms with Crippen LogP contribution in [0.15, 0.2) is 51.7 Å². The van der Waals surface area contributed by atoms with Crippen LogP contribution in [0.4, 0.5) is 13.2 Å². The lowest BCUT2D eigenvalue weighted by Crippen LogP contribution is -2.36. The van der Waals surface area contributed by atoms with Crippen LogP contribution in [0, 0.1) is 0 Å². The van der Waals surface area contributed by atoms with Crippen LogP contribution in [0.3, 0.4) is 0 Å². The first-order chi connectivity index (χ1) is 14.3. The number of rotatable bonds is 3. The van der Waals surface area contributed by atoms with Crippen molar-refractivity contribution in [2.24, 2.45) is 0 Å². The van der Waals surface area contributed by atoms with Gasteiger partial charge in [0.05, 0.1) is 16.5 Å². The average Bonchev–Trinajstić information content (AvgIpc) is 2.71. The molecule has 2 aromatic carbocycles. The first kappa shape index (κ1) is 20.5. The van der Waals surface area contributed by atoms with Crippen LogP contribution in [0.5, 0.6) is 5.75 Å². The molecular weight excluding hydrogens is 395 g/mol. The van der Waals surface area contributed by atoms with Crippen molar-refractivity contribution < 1.29 is 22.7 Å². The minimum atomic E-state index is -4.86. The van der Waals surface area contributed by atoms with E-state index in [1.54, 1.807) is 18.2 Å². The second kappa shape index (κ2) is 7.80. The second-order valence-electron chi connectivity index (χ2n) is 7.75. The van der Waals surface area contributed by atoms with Gasteiger partial charge in [-0.15, -0.1) is 0 Å². The molecular formula is C23H22F3NO3. The van der Waals surface area contributed by atoms with Gasteiger partial charge in [0.2, 0.25) is 11.2 Å². The highest BCUT2D eigenvalue weighted by Gasteiger charge is 2.40. The highest BCUT2D eigenvalue weighted by Crippen LogP contribution is 2.39. The zero-order valence-electron chi connectivity index (χ0n) is 16.5. The standard InChI is InChI=1S/C23H22F3NO3/c1-14-7-5-6-12-27(14)13-17-18(28)11-10-16-20(29)19(15-8-3-2-4-9-15)22(23(24,25)26)30-21(16)17/h2-4,8-11,14,28H,5-7,12-13H2,1H3/t14-/m1/s1. The van der Waals surface area contributed by atoms with Gasteiger partial charge in [0.1, 0.15) is 11.3 Å². The van der Waals surface area contributed by atoms with Crippen molar-refractivity contribution in [3.8, 4) is 16.9 Å². The topological polar surface area (TPSA) is 53.7 Å². The van der Waals surface area contributed by atoms with Gasteiger partial charge in [-0.3, -0.25) is 9.69 Å². The van der Waals surface area contributed by atoms with Gasteiger partial charge in [-0.1, -0.05) is 36.8 Å². The summed E-state index contributed by atoms with van der Waals surface area (Å²) in [5.74, 6) is -1.52. The molecule has 0 aliphatic carbocycles. The van der Waals surface area contributed by atoms with Gasteiger partial charge in [0.25, 0.3) is 0 Å². The molecule has 0 bridgehead atoms. The smallest absolute Gasteiger partial charge is 0.450 e. The quantitative estimate of drug-likeness (QED) is 0.606. The summed E-state index contributed by atoms with van der Waals surface area (Å²) in [5, 5.41) is 10.5. The van der Waals surface area contributed by atoms with Gasteiger partial charge in [0.15, 0.2) is 0 Å². The maximum absolute atomic E-state index is 13.9. The molecule has 0 radical (unpaired) electrons. The Hall–Kier alpha value is -2.80. The van der Waals surface area contributed by atoms with Gasteiger partial charge in [-0.2, -0.15) is 13.2 Å². The SMILES string of the molecule is C[C@@H]1CCCCN1Cc1c(O)ccc2c(=O)c(-c3ccccc3)c(C(F)(F)F)oc12. The number of fused-ring (bicyclic) bond motifs is 1. The van der Waals surface area contributed by atoms with Crippen LogP contribution in [0.2, 0.25) is 0 Å². The number of aromatic hydroxyl groups is 1. The van der Waals surface area contributed by atoms with E-state index < -0.39 is 22.9 Å². The molecule has 4 nitrogen and oxygen atoms in total. The Morgan fingerprint density at radius 2 is 1.87 bits per heavy atom. The molecule has 1 aromatic heterocycles. The molecule has 2 heterocycles. The Balaban J connectivity index is 1.96. The number of alkyl halides is 3. The van der Waals surface area contributed by atoms with E-state index in [4.69, 9.17) is 4.42 Å². The molecule has 1 aliphatic rings. The van der Waals surface area contributed by atoms with Gasteiger partial charge < -0.3 is 9.52 Å². The van der Waals surface area contributed by atoms with E-state index in [9.17, 15) is 23.1 Å². The van der Waals surface area contributed by atoms with E-state index in [1.165, 1.54) is 24.3 Å². The summed E-state index contributed by atoms with van der Waals surface area (Å²) in [6.07, 6.45) is -1.82. The van der Waals surface area contributed by atoms with Crippen molar-refractivity contribution in [1.82, 2.24) is 4.90 Å².